The van der Waals surface area contributed by atoms with Gasteiger partial charge in [0.05, 0.1) is 18.4 Å². The summed E-state index contributed by atoms with van der Waals surface area (Å²) >= 11 is 0. The molecule has 7 heteroatoms. The van der Waals surface area contributed by atoms with Gasteiger partial charge in [0.25, 0.3) is 0 Å². The highest BCUT2D eigenvalue weighted by atomic mass is 19.1. The zero-order valence-electron chi connectivity index (χ0n) is 15.3. The second-order valence-corrected chi connectivity index (χ2v) is 6.72. The Morgan fingerprint density at radius 1 is 1.21 bits per heavy atom. The van der Waals surface area contributed by atoms with Crippen molar-refractivity contribution in [2.75, 3.05) is 19.7 Å². The first kappa shape index (κ1) is 18.2. The minimum Gasteiger partial charge on any atom is -0.492 e. The van der Waals surface area contributed by atoms with Crippen LogP contribution in [0.15, 0.2) is 54.7 Å². The van der Waals surface area contributed by atoms with Gasteiger partial charge in [0.15, 0.2) is 0 Å². The maximum atomic E-state index is 13.1. The van der Waals surface area contributed by atoms with Gasteiger partial charge in [-0.1, -0.05) is 18.2 Å². The molecule has 144 valence electrons. The van der Waals surface area contributed by atoms with Crippen LogP contribution in [0.3, 0.4) is 0 Å². The molecule has 0 fully saturated rings. The fourth-order valence-electron chi connectivity index (χ4n) is 3.28. The summed E-state index contributed by atoms with van der Waals surface area (Å²) in [5.41, 5.74) is 3.53. The maximum absolute atomic E-state index is 13.1. The molecule has 0 bridgehead atoms. The van der Waals surface area contributed by atoms with E-state index < -0.39 is 0 Å². The molecule has 0 spiro atoms. The monoisotopic (exact) mass is 380 g/mol. The maximum Gasteiger partial charge on any atom is 0.234 e. The first-order valence-corrected chi connectivity index (χ1v) is 9.17. The van der Waals surface area contributed by atoms with E-state index in [4.69, 9.17) is 4.74 Å². The summed E-state index contributed by atoms with van der Waals surface area (Å²) < 4.78 is 18.9. The normalized spacial score (nSPS) is 14.0. The number of carbonyl (C=O) groups excluding carboxylic acids is 1. The number of H-pyrrole nitrogens is 1. The number of para-hydroxylation sites is 1. The first-order valence-electron chi connectivity index (χ1n) is 9.17. The van der Waals surface area contributed by atoms with Crippen molar-refractivity contribution in [2.45, 2.75) is 13.1 Å². The molecule has 0 radical (unpaired) electrons. The van der Waals surface area contributed by atoms with Gasteiger partial charge in [0, 0.05) is 36.3 Å². The molecule has 4 rings (SSSR count). The van der Waals surface area contributed by atoms with E-state index in [0.717, 1.165) is 28.1 Å². The lowest BCUT2D eigenvalue weighted by atomic mass is 10.1. The van der Waals surface area contributed by atoms with E-state index in [1.807, 2.05) is 24.3 Å². The minimum atomic E-state index is -0.291. The molecule has 3 aromatic rings. The smallest absolute Gasteiger partial charge is 0.234 e. The standard InChI is InChI=1S/C21H21FN4O2/c22-18-7-5-15(6-8-18)21-17(12-24-25-21)11-23-20(27)14-26-9-10-28-19-4-2-1-3-16(19)13-26/h1-8,12H,9-11,13-14H2,(H,23,27)(H,24,25). The van der Waals surface area contributed by atoms with Crippen molar-refractivity contribution in [1.82, 2.24) is 20.4 Å². The molecule has 0 atom stereocenters. The van der Waals surface area contributed by atoms with E-state index in [1.54, 1.807) is 18.3 Å². The number of ether oxygens (including phenoxy) is 1. The lowest BCUT2D eigenvalue weighted by Crippen LogP contribution is -2.37. The zero-order chi connectivity index (χ0) is 19.3. The molecular formula is C21H21FN4O2. The molecular weight excluding hydrogens is 359 g/mol. The molecule has 1 aliphatic rings. The van der Waals surface area contributed by atoms with E-state index in [9.17, 15) is 9.18 Å². The second kappa shape index (κ2) is 8.22. The van der Waals surface area contributed by atoms with Crippen LogP contribution in [0.2, 0.25) is 0 Å². The van der Waals surface area contributed by atoms with Crippen LogP contribution in [-0.2, 0) is 17.9 Å². The third-order valence-corrected chi connectivity index (χ3v) is 4.73. The third-order valence-electron chi connectivity index (χ3n) is 4.73. The number of fused-ring (bicyclic) bond motifs is 1. The Labute approximate surface area is 162 Å². The van der Waals surface area contributed by atoms with E-state index >= 15 is 0 Å². The summed E-state index contributed by atoms with van der Waals surface area (Å²) in [6.45, 7) is 2.57. The number of amides is 1. The number of halogens is 1. The molecule has 1 aliphatic heterocycles. The van der Waals surface area contributed by atoms with Crippen LogP contribution >= 0.6 is 0 Å². The largest absolute Gasteiger partial charge is 0.492 e. The fourth-order valence-corrected chi connectivity index (χ4v) is 3.28. The van der Waals surface area contributed by atoms with Crippen LogP contribution in [-0.4, -0.2) is 40.7 Å². The Hall–Kier alpha value is -3.19. The summed E-state index contributed by atoms with van der Waals surface area (Å²) in [6.07, 6.45) is 1.68. The van der Waals surface area contributed by atoms with Gasteiger partial charge in [-0.15, -0.1) is 0 Å². The van der Waals surface area contributed by atoms with Gasteiger partial charge < -0.3 is 10.1 Å². The van der Waals surface area contributed by atoms with Crippen molar-refractivity contribution >= 4 is 5.91 Å². The lowest BCUT2D eigenvalue weighted by Gasteiger charge is -2.18. The summed E-state index contributed by atoms with van der Waals surface area (Å²) in [4.78, 5) is 14.5. The predicted octanol–water partition coefficient (Wildman–Crippen LogP) is 2.73. The molecule has 2 N–H and O–H groups in total. The van der Waals surface area contributed by atoms with Crippen LogP contribution in [0.4, 0.5) is 4.39 Å². The van der Waals surface area contributed by atoms with E-state index in [2.05, 4.69) is 20.4 Å². The average molecular weight is 380 g/mol. The molecule has 0 aliphatic carbocycles. The Morgan fingerprint density at radius 3 is 2.89 bits per heavy atom. The van der Waals surface area contributed by atoms with E-state index in [-0.39, 0.29) is 11.7 Å². The fraction of sp³-hybridized carbons (Fsp3) is 0.238. The zero-order valence-corrected chi connectivity index (χ0v) is 15.3. The topological polar surface area (TPSA) is 70.2 Å². The van der Waals surface area contributed by atoms with Crippen molar-refractivity contribution in [3.05, 3.63) is 71.7 Å². The summed E-state index contributed by atoms with van der Waals surface area (Å²) in [6, 6.07) is 14.1. The summed E-state index contributed by atoms with van der Waals surface area (Å²) in [5.74, 6) is 0.527. The van der Waals surface area contributed by atoms with Gasteiger partial charge in [-0.2, -0.15) is 5.10 Å². The average Bonchev–Trinajstić information content (AvgIpc) is 3.07. The lowest BCUT2D eigenvalue weighted by molar-refractivity contribution is -0.122. The van der Waals surface area contributed by atoms with Crippen molar-refractivity contribution < 1.29 is 13.9 Å². The number of nitrogens with one attached hydrogen (secondary N) is 2. The van der Waals surface area contributed by atoms with Gasteiger partial charge in [-0.05, 0) is 30.3 Å². The van der Waals surface area contributed by atoms with Crippen LogP contribution in [0, 0.1) is 5.82 Å². The Bertz CT molecular complexity index is 955. The van der Waals surface area contributed by atoms with Crippen molar-refractivity contribution in [1.29, 1.82) is 0 Å². The number of hydrogen-bond acceptors (Lipinski definition) is 4. The van der Waals surface area contributed by atoms with Crippen LogP contribution in [0.5, 0.6) is 5.75 Å². The van der Waals surface area contributed by atoms with Gasteiger partial charge in [0.1, 0.15) is 18.2 Å². The number of hydrogen-bond donors (Lipinski definition) is 2. The molecule has 6 nitrogen and oxygen atoms in total. The highest BCUT2D eigenvalue weighted by Gasteiger charge is 2.17. The summed E-state index contributed by atoms with van der Waals surface area (Å²) in [5, 5.41) is 9.91. The number of aromatic nitrogens is 2. The van der Waals surface area contributed by atoms with Gasteiger partial charge in [-0.25, -0.2) is 4.39 Å². The molecule has 0 saturated heterocycles. The van der Waals surface area contributed by atoms with Gasteiger partial charge >= 0.3 is 0 Å². The van der Waals surface area contributed by atoms with Crippen molar-refractivity contribution in [3.63, 3.8) is 0 Å². The molecule has 1 aromatic heterocycles. The predicted molar refractivity (Wildman–Crippen MR) is 103 cm³/mol. The Morgan fingerprint density at radius 2 is 2.04 bits per heavy atom. The van der Waals surface area contributed by atoms with Crippen LogP contribution in [0.25, 0.3) is 11.3 Å². The van der Waals surface area contributed by atoms with Gasteiger partial charge in [0.2, 0.25) is 5.91 Å². The number of rotatable bonds is 5. The van der Waals surface area contributed by atoms with Crippen LogP contribution in [0.1, 0.15) is 11.1 Å². The van der Waals surface area contributed by atoms with E-state index in [0.29, 0.717) is 32.8 Å². The highest BCUT2D eigenvalue weighted by molar-refractivity contribution is 5.78. The Balaban J connectivity index is 1.35. The second-order valence-electron chi connectivity index (χ2n) is 6.72. The number of carbonyl (C=O) groups is 1. The quantitative estimate of drug-likeness (QED) is 0.714. The van der Waals surface area contributed by atoms with Crippen LogP contribution < -0.4 is 10.1 Å². The Kier molecular flexibility index (Phi) is 5.34. The number of aromatic amines is 1. The highest BCUT2D eigenvalue weighted by Crippen LogP contribution is 2.23. The summed E-state index contributed by atoms with van der Waals surface area (Å²) in [7, 11) is 0. The molecule has 28 heavy (non-hydrogen) atoms. The minimum absolute atomic E-state index is 0.0642. The molecule has 1 amide bonds. The third kappa shape index (κ3) is 4.20. The molecule has 2 heterocycles. The van der Waals surface area contributed by atoms with Crippen molar-refractivity contribution in [2.24, 2.45) is 0 Å². The van der Waals surface area contributed by atoms with Gasteiger partial charge in [-0.3, -0.25) is 14.8 Å². The molecule has 0 unspecified atom stereocenters. The SMILES string of the molecule is O=C(CN1CCOc2ccccc2C1)NCc1cn[nH]c1-c1ccc(F)cc1. The first-order chi connectivity index (χ1) is 13.7. The number of benzene rings is 2. The van der Waals surface area contributed by atoms with Crippen molar-refractivity contribution in [3.8, 4) is 17.0 Å². The number of nitrogens with zero attached hydrogens (tertiary/aromatic N) is 2. The van der Waals surface area contributed by atoms with E-state index in [1.165, 1.54) is 12.1 Å². The molecule has 2 aromatic carbocycles. The molecule has 0 saturated carbocycles.